The van der Waals surface area contributed by atoms with Gasteiger partial charge in [0.2, 0.25) is 0 Å². The predicted molar refractivity (Wildman–Crippen MR) is 74.0 cm³/mol. The molecule has 2 N–H and O–H groups in total. The second-order valence-electron chi connectivity index (χ2n) is 5.11. The maximum absolute atomic E-state index is 6.19. The topological polar surface area (TPSA) is 48.4 Å². The standard InChI is InChI=1S/C16H19NO2/c17-16(10-9-13-2-1-11-18-13)12-3-5-14(6-4-12)19-15-7-8-15/h1-6,11,15-16H,7-10,17H2. The second kappa shape index (κ2) is 5.49. The zero-order chi connectivity index (χ0) is 13.1. The van der Waals surface area contributed by atoms with E-state index in [1.807, 2.05) is 24.3 Å². The molecular weight excluding hydrogens is 238 g/mol. The van der Waals surface area contributed by atoms with E-state index < -0.39 is 0 Å². The van der Waals surface area contributed by atoms with Crippen LogP contribution < -0.4 is 10.5 Å². The highest BCUT2D eigenvalue weighted by Gasteiger charge is 2.23. The Labute approximate surface area is 113 Å². The van der Waals surface area contributed by atoms with Crippen molar-refractivity contribution in [3.63, 3.8) is 0 Å². The highest BCUT2D eigenvalue weighted by molar-refractivity contribution is 5.29. The van der Waals surface area contributed by atoms with Gasteiger partial charge in [0, 0.05) is 12.5 Å². The Morgan fingerprint density at radius 1 is 1.21 bits per heavy atom. The minimum absolute atomic E-state index is 0.0417. The van der Waals surface area contributed by atoms with Gasteiger partial charge in [-0.25, -0.2) is 0 Å². The molecule has 1 fully saturated rings. The summed E-state index contributed by atoms with van der Waals surface area (Å²) in [7, 11) is 0. The summed E-state index contributed by atoms with van der Waals surface area (Å²) in [5, 5.41) is 0. The van der Waals surface area contributed by atoms with Crippen LogP contribution in [0.15, 0.2) is 47.1 Å². The summed E-state index contributed by atoms with van der Waals surface area (Å²) < 4.78 is 11.0. The molecule has 1 saturated carbocycles. The molecule has 3 nitrogen and oxygen atoms in total. The second-order valence-corrected chi connectivity index (χ2v) is 5.11. The van der Waals surface area contributed by atoms with Crippen molar-refractivity contribution >= 4 is 0 Å². The quantitative estimate of drug-likeness (QED) is 0.862. The van der Waals surface area contributed by atoms with Gasteiger partial charge in [-0.05, 0) is 49.1 Å². The number of aryl methyl sites for hydroxylation is 1. The Bertz CT molecular complexity index is 500. The third-order valence-electron chi connectivity index (χ3n) is 3.42. The molecule has 100 valence electrons. The molecule has 1 unspecified atom stereocenters. The van der Waals surface area contributed by atoms with Gasteiger partial charge in [-0.2, -0.15) is 0 Å². The van der Waals surface area contributed by atoms with E-state index in [1.54, 1.807) is 6.26 Å². The van der Waals surface area contributed by atoms with Crippen LogP contribution >= 0.6 is 0 Å². The van der Waals surface area contributed by atoms with Crippen LogP contribution in [0.2, 0.25) is 0 Å². The van der Waals surface area contributed by atoms with Gasteiger partial charge in [-0.1, -0.05) is 12.1 Å². The number of furan rings is 1. The number of ether oxygens (including phenoxy) is 1. The Balaban J connectivity index is 1.54. The van der Waals surface area contributed by atoms with Crippen LogP contribution in [0.4, 0.5) is 0 Å². The molecule has 0 spiro atoms. The van der Waals surface area contributed by atoms with Crippen molar-refractivity contribution in [2.24, 2.45) is 5.73 Å². The molecule has 19 heavy (non-hydrogen) atoms. The molecular formula is C16H19NO2. The zero-order valence-electron chi connectivity index (χ0n) is 10.9. The SMILES string of the molecule is NC(CCc1ccco1)c1ccc(OC2CC2)cc1. The summed E-state index contributed by atoms with van der Waals surface area (Å²) >= 11 is 0. The first-order chi connectivity index (χ1) is 9.31. The van der Waals surface area contributed by atoms with E-state index in [-0.39, 0.29) is 6.04 Å². The summed E-state index contributed by atoms with van der Waals surface area (Å²) in [5.41, 5.74) is 7.34. The van der Waals surface area contributed by atoms with Gasteiger partial charge in [0.05, 0.1) is 12.4 Å². The monoisotopic (exact) mass is 257 g/mol. The van der Waals surface area contributed by atoms with E-state index in [0.717, 1.165) is 29.9 Å². The van der Waals surface area contributed by atoms with Crippen LogP contribution in [0, 0.1) is 0 Å². The smallest absolute Gasteiger partial charge is 0.119 e. The molecule has 0 aliphatic heterocycles. The van der Waals surface area contributed by atoms with Gasteiger partial charge >= 0.3 is 0 Å². The summed E-state index contributed by atoms with van der Waals surface area (Å²) in [6.45, 7) is 0. The van der Waals surface area contributed by atoms with Crippen LogP contribution in [0.25, 0.3) is 0 Å². The lowest BCUT2D eigenvalue weighted by Gasteiger charge is -2.12. The Kier molecular flexibility index (Phi) is 3.56. The number of benzene rings is 1. The predicted octanol–water partition coefficient (Wildman–Crippen LogP) is 3.45. The van der Waals surface area contributed by atoms with E-state index in [0.29, 0.717) is 6.10 Å². The average Bonchev–Trinajstić information content (AvgIpc) is 3.09. The molecule has 1 heterocycles. The van der Waals surface area contributed by atoms with E-state index in [4.69, 9.17) is 14.9 Å². The maximum atomic E-state index is 6.19. The molecule has 3 heteroatoms. The van der Waals surface area contributed by atoms with Gasteiger partial charge in [0.1, 0.15) is 11.5 Å². The fourth-order valence-corrected chi connectivity index (χ4v) is 2.09. The van der Waals surface area contributed by atoms with Crippen molar-refractivity contribution in [2.45, 2.75) is 37.8 Å². The molecule has 1 aromatic heterocycles. The van der Waals surface area contributed by atoms with Crippen molar-refractivity contribution < 1.29 is 9.15 Å². The molecule has 1 aromatic carbocycles. The third kappa shape index (κ3) is 3.38. The van der Waals surface area contributed by atoms with Crippen LogP contribution in [-0.4, -0.2) is 6.10 Å². The molecule has 0 radical (unpaired) electrons. The third-order valence-corrected chi connectivity index (χ3v) is 3.42. The molecule has 3 rings (SSSR count). The van der Waals surface area contributed by atoms with E-state index >= 15 is 0 Å². The highest BCUT2D eigenvalue weighted by Crippen LogP contribution is 2.27. The number of hydrogen-bond donors (Lipinski definition) is 1. The Hall–Kier alpha value is -1.74. The lowest BCUT2D eigenvalue weighted by Crippen LogP contribution is -2.11. The van der Waals surface area contributed by atoms with Crippen molar-refractivity contribution in [3.8, 4) is 5.75 Å². The molecule has 0 bridgehead atoms. The minimum atomic E-state index is 0.0417. The molecule has 1 aliphatic carbocycles. The van der Waals surface area contributed by atoms with Crippen molar-refractivity contribution in [1.29, 1.82) is 0 Å². The van der Waals surface area contributed by atoms with Gasteiger partial charge in [0.25, 0.3) is 0 Å². The molecule has 2 aromatic rings. The van der Waals surface area contributed by atoms with Crippen molar-refractivity contribution in [1.82, 2.24) is 0 Å². The Morgan fingerprint density at radius 3 is 2.63 bits per heavy atom. The lowest BCUT2D eigenvalue weighted by molar-refractivity contribution is 0.303. The van der Waals surface area contributed by atoms with Crippen molar-refractivity contribution in [2.75, 3.05) is 0 Å². The first kappa shape index (κ1) is 12.3. The number of hydrogen-bond acceptors (Lipinski definition) is 3. The number of rotatable bonds is 6. The van der Waals surface area contributed by atoms with Gasteiger partial charge in [-0.15, -0.1) is 0 Å². The zero-order valence-corrected chi connectivity index (χ0v) is 10.9. The van der Waals surface area contributed by atoms with Crippen molar-refractivity contribution in [3.05, 3.63) is 54.0 Å². The van der Waals surface area contributed by atoms with Gasteiger partial charge < -0.3 is 14.9 Å². The highest BCUT2D eigenvalue weighted by atomic mass is 16.5. The van der Waals surface area contributed by atoms with E-state index in [2.05, 4.69) is 12.1 Å². The lowest BCUT2D eigenvalue weighted by atomic mass is 10.0. The average molecular weight is 257 g/mol. The normalized spacial score (nSPS) is 16.3. The molecule has 0 saturated heterocycles. The summed E-state index contributed by atoms with van der Waals surface area (Å²) in [5.74, 6) is 1.94. The fraction of sp³-hybridized carbons (Fsp3) is 0.375. The minimum Gasteiger partial charge on any atom is -0.490 e. The summed E-state index contributed by atoms with van der Waals surface area (Å²) in [6.07, 6.45) is 6.27. The first-order valence-corrected chi connectivity index (χ1v) is 6.86. The molecule has 1 atom stereocenters. The van der Waals surface area contributed by atoms with Crippen LogP contribution in [0.1, 0.15) is 36.6 Å². The Morgan fingerprint density at radius 2 is 2.00 bits per heavy atom. The van der Waals surface area contributed by atoms with E-state index in [9.17, 15) is 0 Å². The molecule has 1 aliphatic rings. The maximum Gasteiger partial charge on any atom is 0.119 e. The van der Waals surface area contributed by atoms with E-state index in [1.165, 1.54) is 12.8 Å². The fourth-order valence-electron chi connectivity index (χ4n) is 2.09. The first-order valence-electron chi connectivity index (χ1n) is 6.86. The van der Waals surface area contributed by atoms with Crippen LogP contribution in [0.5, 0.6) is 5.75 Å². The van der Waals surface area contributed by atoms with Crippen LogP contribution in [0.3, 0.4) is 0 Å². The van der Waals surface area contributed by atoms with Crippen LogP contribution in [-0.2, 0) is 6.42 Å². The van der Waals surface area contributed by atoms with Gasteiger partial charge in [-0.3, -0.25) is 0 Å². The summed E-state index contributed by atoms with van der Waals surface area (Å²) in [4.78, 5) is 0. The van der Waals surface area contributed by atoms with Gasteiger partial charge in [0.15, 0.2) is 0 Å². The largest absolute Gasteiger partial charge is 0.490 e. The summed E-state index contributed by atoms with van der Waals surface area (Å²) in [6, 6.07) is 12.1. The number of nitrogens with two attached hydrogens (primary N) is 1. The molecule has 0 amide bonds.